The quantitative estimate of drug-likeness (QED) is 0.749. The van der Waals surface area contributed by atoms with Crippen molar-refractivity contribution in [2.45, 2.75) is 13.8 Å². The molecule has 0 aliphatic heterocycles. The Morgan fingerprint density at radius 3 is 2.86 bits per heavy atom. The van der Waals surface area contributed by atoms with Crippen LogP contribution in [0.2, 0.25) is 0 Å². The molecule has 0 amide bonds. The van der Waals surface area contributed by atoms with Gasteiger partial charge in [-0.2, -0.15) is 0 Å². The van der Waals surface area contributed by atoms with Crippen molar-refractivity contribution in [2.24, 2.45) is 0 Å². The SMILES string of the molecule is CCOC(=O)c1c[nH]c2ncnc(-c3ccccc3C)c12. The molecule has 2 heterocycles. The van der Waals surface area contributed by atoms with Gasteiger partial charge in [0.15, 0.2) is 0 Å². The molecule has 3 rings (SSSR count). The highest BCUT2D eigenvalue weighted by atomic mass is 16.5. The molecule has 0 aliphatic carbocycles. The Hall–Kier alpha value is -2.69. The van der Waals surface area contributed by atoms with E-state index in [1.165, 1.54) is 6.33 Å². The summed E-state index contributed by atoms with van der Waals surface area (Å²) in [6, 6.07) is 7.92. The van der Waals surface area contributed by atoms with Crippen molar-refractivity contribution in [3.8, 4) is 11.3 Å². The first-order valence-electron chi connectivity index (χ1n) is 6.77. The van der Waals surface area contributed by atoms with Crippen LogP contribution in [-0.2, 0) is 4.74 Å². The number of ether oxygens (including phenoxy) is 1. The number of H-pyrrole nitrogens is 1. The van der Waals surface area contributed by atoms with Gasteiger partial charge in [0, 0.05) is 11.8 Å². The minimum Gasteiger partial charge on any atom is -0.462 e. The average Bonchev–Trinajstić information content (AvgIpc) is 2.92. The fourth-order valence-electron chi connectivity index (χ4n) is 2.38. The van der Waals surface area contributed by atoms with Gasteiger partial charge in [0.25, 0.3) is 0 Å². The van der Waals surface area contributed by atoms with Crippen molar-refractivity contribution in [2.75, 3.05) is 6.61 Å². The number of carbonyl (C=O) groups is 1. The molecule has 3 aromatic rings. The monoisotopic (exact) mass is 281 g/mol. The first kappa shape index (κ1) is 13.3. The van der Waals surface area contributed by atoms with Crippen LogP contribution in [0.1, 0.15) is 22.8 Å². The van der Waals surface area contributed by atoms with Gasteiger partial charge in [-0.15, -0.1) is 0 Å². The number of benzene rings is 1. The lowest BCUT2D eigenvalue weighted by atomic mass is 10.0. The summed E-state index contributed by atoms with van der Waals surface area (Å²) in [5, 5.41) is 0.699. The summed E-state index contributed by atoms with van der Waals surface area (Å²) in [7, 11) is 0. The Labute approximate surface area is 122 Å². The number of hydrogen-bond donors (Lipinski definition) is 1. The highest BCUT2D eigenvalue weighted by Crippen LogP contribution is 2.30. The van der Waals surface area contributed by atoms with Crippen molar-refractivity contribution in [1.82, 2.24) is 15.0 Å². The van der Waals surface area contributed by atoms with Gasteiger partial charge in [-0.05, 0) is 19.4 Å². The lowest BCUT2D eigenvalue weighted by molar-refractivity contribution is 0.0528. The highest BCUT2D eigenvalue weighted by Gasteiger charge is 2.19. The molecule has 0 aliphatic rings. The van der Waals surface area contributed by atoms with Crippen LogP contribution in [0.15, 0.2) is 36.8 Å². The molecular formula is C16H15N3O2. The second-order valence-corrected chi connectivity index (χ2v) is 4.68. The normalized spacial score (nSPS) is 10.8. The minimum atomic E-state index is -0.367. The number of aromatic amines is 1. The van der Waals surface area contributed by atoms with E-state index in [4.69, 9.17) is 4.74 Å². The van der Waals surface area contributed by atoms with E-state index in [-0.39, 0.29) is 5.97 Å². The third-order valence-corrected chi connectivity index (χ3v) is 3.37. The third-order valence-electron chi connectivity index (χ3n) is 3.37. The maximum Gasteiger partial charge on any atom is 0.340 e. The lowest BCUT2D eigenvalue weighted by Gasteiger charge is -2.07. The van der Waals surface area contributed by atoms with Gasteiger partial charge < -0.3 is 9.72 Å². The number of esters is 1. The maximum atomic E-state index is 12.1. The zero-order valence-electron chi connectivity index (χ0n) is 11.9. The van der Waals surface area contributed by atoms with Gasteiger partial charge in [0.1, 0.15) is 12.0 Å². The van der Waals surface area contributed by atoms with Crippen molar-refractivity contribution in [3.05, 3.63) is 47.9 Å². The Morgan fingerprint density at radius 2 is 2.10 bits per heavy atom. The molecule has 0 fully saturated rings. The molecule has 106 valence electrons. The maximum absolute atomic E-state index is 12.1. The van der Waals surface area contributed by atoms with Crippen molar-refractivity contribution < 1.29 is 9.53 Å². The van der Waals surface area contributed by atoms with Gasteiger partial charge in [-0.3, -0.25) is 0 Å². The van der Waals surface area contributed by atoms with Crippen molar-refractivity contribution in [3.63, 3.8) is 0 Å². The fraction of sp³-hybridized carbons (Fsp3) is 0.188. The molecule has 5 nitrogen and oxygen atoms in total. The van der Waals surface area contributed by atoms with Crippen LogP contribution in [0.25, 0.3) is 22.3 Å². The average molecular weight is 281 g/mol. The molecule has 21 heavy (non-hydrogen) atoms. The second kappa shape index (κ2) is 5.36. The van der Waals surface area contributed by atoms with Gasteiger partial charge in [0.2, 0.25) is 0 Å². The summed E-state index contributed by atoms with van der Waals surface area (Å²) in [5.41, 5.74) is 3.91. The molecule has 0 radical (unpaired) electrons. The number of nitrogens with zero attached hydrogens (tertiary/aromatic N) is 2. The molecule has 0 atom stereocenters. The first-order chi connectivity index (χ1) is 10.2. The molecular weight excluding hydrogens is 266 g/mol. The zero-order chi connectivity index (χ0) is 14.8. The summed E-state index contributed by atoms with van der Waals surface area (Å²) in [6.45, 7) is 4.13. The molecule has 0 unspecified atom stereocenters. The van der Waals surface area contributed by atoms with E-state index < -0.39 is 0 Å². The number of aryl methyl sites for hydroxylation is 1. The van der Waals surface area contributed by atoms with E-state index in [1.54, 1.807) is 13.1 Å². The molecule has 5 heteroatoms. The van der Waals surface area contributed by atoms with Crippen LogP contribution in [0.5, 0.6) is 0 Å². The van der Waals surface area contributed by atoms with Crippen LogP contribution < -0.4 is 0 Å². The topological polar surface area (TPSA) is 67.9 Å². The molecule has 1 aromatic carbocycles. The van der Waals surface area contributed by atoms with Crippen LogP contribution in [0.3, 0.4) is 0 Å². The summed E-state index contributed by atoms with van der Waals surface area (Å²) in [4.78, 5) is 23.7. The summed E-state index contributed by atoms with van der Waals surface area (Å²) < 4.78 is 5.10. The molecule has 0 bridgehead atoms. The molecule has 0 saturated heterocycles. The molecule has 2 aromatic heterocycles. The van der Waals surface area contributed by atoms with Gasteiger partial charge in [0.05, 0.1) is 23.3 Å². The van der Waals surface area contributed by atoms with Crippen LogP contribution >= 0.6 is 0 Å². The molecule has 0 spiro atoms. The van der Waals surface area contributed by atoms with Crippen LogP contribution in [0.4, 0.5) is 0 Å². The van der Waals surface area contributed by atoms with Gasteiger partial charge in [-0.25, -0.2) is 14.8 Å². The molecule has 1 N–H and O–H groups in total. The van der Waals surface area contributed by atoms with Crippen LogP contribution in [0, 0.1) is 6.92 Å². The standard InChI is InChI=1S/C16H15N3O2/c1-3-21-16(20)12-8-17-15-13(12)14(18-9-19-15)11-7-5-4-6-10(11)2/h4-9H,3H2,1-2H3,(H,17,18,19). The number of nitrogens with one attached hydrogen (secondary N) is 1. The number of aromatic nitrogens is 3. The smallest absolute Gasteiger partial charge is 0.340 e. The number of fused-ring (bicyclic) bond motifs is 1. The number of rotatable bonds is 3. The Kier molecular flexibility index (Phi) is 3.39. The predicted octanol–water partition coefficient (Wildman–Crippen LogP) is 3.11. The largest absolute Gasteiger partial charge is 0.462 e. The van der Waals surface area contributed by atoms with E-state index in [2.05, 4.69) is 15.0 Å². The Balaban J connectivity index is 2.26. The van der Waals surface area contributed by atoms with E-state index in [0.717, 1.165) is 16.8 Å². The summed E-state index contributed by atoms with van der Waals surface area (Å²) >= 11 is 0. The fourth-order valence-corrected chi connectivity index (χ4v) is 2.38. The van der Waals surface area contributed by atoms with E-state index in [9.17, 15) is 4.79 Å². The second-order valence-electron chi connectivity index (χ2n) is 4.68. The summed E-state index contributed by atoms with van der Waals surface area (Å²) in [6.07, 6.45) is 3.12. The number of hydrogen-bond acceptors (Lipinski definition) is 4. The number of carbonyl (C=O) groups excluding carboxylic acids is 1. The lowest BCUT2D eigenvalue weighted by Crippen LogP contribution is -2.04. The zero-order valence-corrected chi connectivity index (χ0v) is 11.9. The van der Waals surface area contributed by atoms with Crippen LogP contribution in [-0.4, -0.2) is 27.5 Å². The molecule has 0 saturated carbocycles. The van der Waals surface area contributed by atoms with E-state index in [0.29, 0.717) is 23.2 Å². The van der Waals surface area contributed by atoms with Crippen molar-refractivity contribution >= 4 is 17.0 Å². The first-order valence-corrected chi connectivity index (χ1v) is 6.77. The van der Waals surface area contributed by atoms with Crippen molar-refractivity contribution in [1.29, 1.82) is 0 Å². The summed E-state index contributed by atoms with van der Waals surface area (Å²) in [5.74, 6) is -0.367. The van der Waals surface area contributed by atoms with E-state index >= 15 is 0 Å². The predicted molar refractivity (Wildman–Crippen MR) is 80.0 cm³/mol. The highest BCUT2D eigenvalue weighted by molar-refractivity contribution is 6.08. The Bertz CT molecular complexity index is 808. The Morgan fingerprint density at radius 1 is 1.29 bits per heavy atom. The minimum absolute atomic E-state index is 0.332. The third kappa shape index (κ3) is 2.27. The van der Waals surface area contributed by atoms with E-state index in [1.807, 2.05) is 31.2 Å². The van der Waals surface area contributed by atoms with Gasteiger partial charge >= 0.3 is 5.97 Å². The van der Waals surface area contributed by atoms with Gasteiger partial charge in [-0.1, -0.05) is 24.3 Å².